The van der Waals surface area contributed by atoms with Crippen molar-refractivity contribution >= 4 is 23.0 Å². The summed E-state index contributed by atoms with van der Waals surface area (Å²) in [5, 5.41) is 0. The molecule has 0 saturated carbocycles. The summed E-state index contributed by atoms with van der Waals surface area (Å²) in [6.45, 7) is 2.91. The second-order valence-electron chi connectivity index (χ2n) is 5.99. The number of aliphatic imine (C=N–C) groups is 1. The number of carbonyl (C=O) groups excluding carboxylic acids is 1. The minimum Gasteiger partial charge on any atom is -0.298 e. The standard InChI is InChI=1S/C17H16FN3OS/c18-13-8-15(12-2-1-5-19-9-12)23-16(13)17(22)20-14-10-21-6-3-11(14)4-7-21/h1-2,5,8-9,11H,3-4,6-7,10H2. The summed E-state index contributed by atoms with van der Waals surface area (Å²) in [5.41, 5.74) is 1.73. The van der Waals surface area contributed by atoms with Crippen molar-refractivity contribution in [2.45, 2.75) is 12.8 Å². The number of nitrogens with zero attached hydrogens (tertiary/aromatic N) is 3. The molecule has 2 aromatic rings. The zero-order chi connectivity index (χ0) is 15.8. The highest BCUT2D eigenvalue weighted by atomic mass is 32.1. The van der Waals surface area contributed by atoms with Crippen molar-refractivity contribution in [1.29, 1.82) is 0 Å². The molecule has 3 fully saturated rings. The van der Waals surface area contributed by atoms with Crippen LogP contribution in [0.5, 0.6) is 0 Å². The van der Waals surface area contributed by atoms with Crippen molar-refractivity contribution in [2.75, 3.05) is 19.6 Å². The average Bonchev–Trinajstić information content (AvgIpc) is 2.99. The smallest absolute Gasteiger partial charge is 0.290 e. The predicted molar refractivity (Wildman–Crippen MR) is 88.4 cm³/mol. The van der Waals surface area contributed by atoms with Gasteiger partial charge in [0.05, 0.1) is 0 Å². The largest absolute Gasteiger partial charge is 0.298 e. The molecule has 0 aromatic carbocycles. The first-order valence-electron chi connectivity index (χ1n) is 7.74. The third-order valence-electron chi connectivity index (χ3n) is 4.52. The molecule has 0 unspecified atom stereocenters. The maximum absolute atomic E-state index is 14.2. The van der Waals surface area contributed by atoms with Crippen molar-refractivity contribution in [2.24, 2.45) is 10.9 Å². The molecule has 2 aromatic heterocycles. The number of halogens is 1. The highest BCUT2D eigenvalue weighted by Gasteiger charge is 2.31. The van der Waals surface area contributed by atoms with E-state index in [4.69, 9.17) is 0 Å². The molecule has 4 nitrogen and oxygen atoms in total. The lowest BCUT2D eigenvalue weighted by atomic mass is 9.86. The molecule has 118 valence electrons. The molecule has 3 saturated heterocycles. The first-order chi connectivity index (χ1) is 11.2. The Hall–Kier alpha value is -1.92. The van der Waals surface area contributed by atoms with Gasteiger partial charge < -0.3 is 0 Å². The van der Waals surface area contributed by atoms with Gasteiger partial charge in [0, 0.05) is 41.0 Å². The Morgan fingerprint density at radius 3 is 2.87 bits per heavy atom. The van der Waals surface area contributed by atoms with Crippen LogP contribution in [0.2, 0.25) is 0 Å². The van der Waals surface area contributed by atoms with Crippen LogP contribution in [0.3, 0.4) is 0 Å². The van der Waals surface area contributed by atoms with E-state index in [2.05, 4.69) is 14.9 Å². The van der Waals surface area contributed by atoms with Crippen LogP contribution in [0.4, 0.5) is 4.39 Å². The zero-order valence-corrected chi connectivity index (χ0v) is 13.4. The number of rotatable bonds is 2. The van der Waals surface area contributed by atoms with Gasteiger partial charge in [-0.05, 0) is 38.1 Å². The van der Waals surface area contributed by atoms with E-state index in [9.17, 15) is 9.18 Å². The quantitative estimate of drug-likeness (QED) is 0.849. The number of thiophene rings is 1. The Balaban J connectivity index is 1.61. The van der Waals surface area contributed by atoms with Crippen LogP contribution < -0.4 is 0 Å². The van der Waals surface area contributed by atoms with Crippen LogP contribution in [-0.2, 0) is 0 Å². The van der Waals surface area contributed by atoms with E-state index < -0.39 is 11.7 Å². The first-order valence-corrected chi connectivity index (χ1v) is 8.56. The van der Waals surface area contributed by atoms with E-state index in [0.29, 0.717) is 10.8 Å². The zero-order valence-electron chi connectivity index (χ0n) is 12.5. The van der Waals surface area contributed by atoms with E-state index in [0.717, 1.165) is 55.1 Å². The minimum absolute atomic E-state index is 0.0906. The first kappa shape index (κ1) is 14.7. The van der Waals surface area contributed by atoms with E-state index in [1.54, 1.807) is 18.5 Å². The third-order valence-corrected chi connectivity index (χ3v) is 5.66. The summed E-state index contributed by atoms with van der Waals surface area (Å²) in [5.74, 6) is -0.555. The van der Waals surface area contributed by atoms with Crippen molar-refractivity contribution in [3.05, 3.63) is 41.3 Å². The molecule has 6 heteroatoms. The monoisotopic (exact) mass is 329 g/mol. The lowest BCUT2D eigenvalue weighted by Gasteiger charge is -2.39. The number of aromatic nitrogens is 1. The van der Waals surface area contributed by atoms with Gasteiger partial charge in [-0.2, -0.15) is 0 Å². The summed E-state index contributed by atoms with van der Waals surface area (Å²) >= 11 is 1.14. The summed E-state index contributed by atoms with van der Waals surface area (Å²) < 4.78 is 14.2. The van der Waals surface area contributed by atoms with Gasteiger partial charge in [-0.25, -0.2) is 9.38 Å². The Bertz CT molecular complexity index is 763. The molecule has 5 rings (SSSR count). The van der Waals surface area contributed by atoms with Gasteiger partial charge in [0.2, 0.25) is 0 Å². The van der Waals surface area contributed by atoms with Crippen LogP contribution in [0.15, 0.2) is 35.6 Å². The van der Waals surface area contributed by atoms with Crippen LogP contribution in [0.1, 0.15) is 22.5 Å². The lowest BCUT2D eigenvalue weighted by Crippen LogP contribution is -2.48. The Morgan fingerprint density at radius 1 is 1.39 bits per heavy atom. The fourth-order valence-electron chi connectivity index (χ4n) is 3.26. The number of carbonyl (C=O) groups is 1. The van der Waals surface area contributed by atoms with E-state index in [1.807, 2.05) is 6.07 Å². The molecule has 5 heterocycles. The molecular formula is C17H16FN3OS. The number of fused-ring (bicyclic) bond motifs is 3. The normalized spacial score (nSPS) is 25.0. The SMILES string of the molecule is O=C(N=C1CN2CCC1CC2)c1sc(-c2cccnc2)cc1F. The summed E-state index contributed by atoms with van der Waals surface area (Å²) in [4.78, 5) is 23.8. The molecule has 0 atom stereocenters. The minimum atomic E-state index is -0.496. The van der Waals surface area contributed by atoms with Gasteiger partial charge in [-0.3, -0.25) is 14.7 Å². The predicted octanol–water partition coefficient (Wildman–Crippen LogP) is 3.26. The second kappa shape index (κ2) is 5.94. The lowest BCUT2D eigenvalue weighted by molar-refractivity contribution is 0.0999. The topological polar surface area (TPSA) is 45.6 Å². The molecule has 3 aliphatic rings. The molecule has 3 aliphatic heterocycles. The molecule has 2 bridgehead atoms. The van der Waals surface area contributed by atoms with E-state index in [-0.39, 0.29) is 4.88 Å². The van der Waals surface area contributed by atoms with Gasteiger partial charge in [0.15, 0.2) is 0 Å². The maximum atomic E-state index is 14.2. The average molecular weight is 329 g/mol. The third kappa shape index (κ3) is 2.84. The van der Waals surface area contributed by atoms with E-state index >= 15 is 0 Å². The molecular weight excluding hydrogens is 313 g/mol. The van der Waals surface area contributed by atoms with Crippen LogP contribution in [-0.4, -0.2) is 41.1 Å². The number of pyridine rings is 1. The van der Waals surface area contributed by atoms with Gasteiger partial charge in [-0.15, -0.1) is 11.3 Å². The summed E-state index contributed by atoms with van der Waals surface area (Å²) in [6, 6.07) is 5.04. The Kier molecular flexibility index (Phi) is 3.79. The molecule has 23 heavy (non-hydrogen) atoms. The van der Waals surface area contributed by atoms with Crippen LogP contribution >= 0.6 is 11.3 Å². The highest BCUT2D eigenvalue weighted by molar-refractivity contribution is 7.17. The van der Waals surface area contributed by atoms with Gasteiger partial charge in [0.25, 0.3) is 5.91 Å². The van der Waals surface area contributed by atoms with Crippen molar-refractivity contribution < 1.29 is 9.18 Å². The number of hydrogen-bond donors (Lipinski definition) is 0. The highest BCUT2D eigenvalue weighted by Crippen LogP contribution is 2.31. The molecule has 0 spiro atoms. The van der Waals surface area contributed by atoms with Crippen molar-refractivity contribution in [3.63, 3.8) is 0 Å². The van der Waals surface area contributed by atoms with Gasteiger partial charge in [-0.1, -0.05) is 6.07 Å². The van der Waals surface area contributed by atoms with E-state index in [1.165, 1.54) is 6.07 Å². The maximum Gasteiger partial charge on any atom is 0.290 e. The summed E-state index contributed by atoms with van der Waals surface area (Å²) in [7, 11) is 0. The fraction of sp³-hybridized carbons (Fsp3) is 0.353. The number of hydrogen-bond acceptors (Lipinski definition) is 4. The van der Waals surface area contributed by atoms with Gasteiger partial charge in [0.1, 0.15) is 10.7 Å². The molecule has 1 amide bonds. The van der Waals surface area contributed by atoms with Crippen LogP contribution in [0, 0.1) is 11.7 Å². The van der Waals surface area contributed by atoms with Crippen LogP contribution in [0.25, 0.3) is 10.4 Å². The number of amides is 1. The number of piperidine rings is 3. The summed E-state index contributed by atoms with van der Waals surface area (Å²) in [6.07, 6.45) is 5.44. The Labute approximate surface area is 137 Å². The Morgan fingerprint density at radius 2 is 2.22 bits per heavy atom. The molecule has 0 N–H and O–H groups in total. The fourth-order valence-corrected chi connectivity index (χ4v) is 4.17. The van der Waals surface area contributed by atoms with Gasteiger partial charge >= 0.3 is 0 Å². The van der Waals surface area contributed by atoms with Crippen molar-refractivity contribution in [3.8, 4) is 10.4 Å². The second-order valence-corrected chi connectivity index (χ2v) is 7.04. The molecule has 0 radical (unpaired) electrons. The molecule has 0 aliphatic carbocycles. The van der Waals surface area contributed by atoms with Crippen molar-refractivity contribution in [1.82, 2.24) is 9.88 Å².